The molecular weight excluding hydrogens is 360 g/mol. The first-order chi connectivity index (χ1) is 13.5. The van der Waals surface area contributed by atoms with Crippen LogP contribution in [0.5, 0.6) is 5.75 Å². The quantitative estimate of drug-likeness (QED) is 0.663. The highest BCUT2D eigenvalue weighted by Gasteiger charge is 2.27. The van der Waals surface area contributed by atoms with E-state index >= 15 is 4.39 Å². The Labute approximate surface area is 162 Å². The number of nitrogen functional groups attached to an aromatic ring is 1. The molecule has 1 saturated carbocycles. The third kappa shape index (κ3) is 3.54. The molecule has 1 aliphatic carbocycles. The van der Waals surface area contributed by atoms with Crippen LogP contribution in [-0.2, 0) is 6.61 Å². The zero-order chi connectivity index (χ0) is 19.7. The summed E-state index contributed by atoms with van der Waals surface area (Å²) in [5, 5.41) is 0. The number of benzene rings is 2. The molecule has 4 rings (SSSR count). The van der Waals surface area contributed by atoms with E-state index in [0.717, 1.165) is 30.4 Å². The van der Waals surface area contributed by atoms with E-state index in [1.807, 2.05) is 13.0 Å². The van der Waals surface area contributed by atoms with E-state index in [0.29, 0.717) is 11.3 Å². The first kappa shape index (κ1) is 18.3. The van der Waals surface area contributed by atoms with Crippen LogP contribution >= 0.6 is 0 Å². The molecule has 6 heteroatoms. The van der Waals surface area contributed by atoms with Gasteiger partial charge in [0.1, 0.15) is 18.2 Å². The van der Waals surface area contributed by atoms with Crippen molar-refractivity contribution in [3.05, 3.63) is 71.1 Å². The normalized spacial score (nSPS) is 14.0. The van der Waals surface area contributed by atoms with Gasteiger partial charge >= 0.3 is 0 Å². The molecule has 0 saturated heterocycles. The Morgan fingerprint density at radius 1 is 1.11 bits per heavy atom. The van der Waals surface area contributed by atoms with E-state index in [-0.39, 0.29) is 35.5 Å². The molecule has 0 atom stereocenters. The molecular formula is C22H21F2N3O. The summed E-state index contributed by atoms with van der Waals surface area (Å²) in [6, 6.07) is 8.38. The van der Waals surface area contributed by atoms with Crippen molar-refractivity contribution in [2.45, 2.75) is 38.7 Å². The summed E-state index contributed by atoms with van der Waals surface area (Å²) in [6.07, 6.45) is 5.92. The first-order valence-electron chi connectivity index (χ1n) is 9.31. The number of nitrogens with two attached hydrogens (primary N) is 1. The Hall–Kier alpha value is -3.02. The van der Waals surface area contributed by atoms with E-state index in [9.17, 15) is 4.39 Å². The van der Waals surface area contributed by atoms with E-state index in [1.54, 1.807) is 18.2 Å². The third-order valence-corrected chi connectivity index (χ3v) is 5.19. The maximum absolute atomic E-state index is 15.4. The summed E-state index contributed by atoms with van der Waals surface area (Å²) >= 11 is 0. The lowest BCUT2D eigenvalue weighted by Crippen LogP contribution is -2.12. The van der Waals surface area contributed by atoms with Crippen LogP contribution in [0.25, 0.3) is 11.3 Å². The number of nitrogens with zero attached hydrogens (tertiary/aromatic N) is 2. The Morgan fingerprint density at radius 3 is 2.61 bits per heavy atom. The van der Waals surface area contributed by atoms with Gasteiger partial charge in [0.2, 0.25) is 0 Å². The van der Waals surface area contributed by atoms with Crippen molar-refractivity contribution in [1.29, 1.82) is 0 Å². The standard InChI is InChI=1S/C22H21F2N3O/c1-13-5-8-18(23)15(9-13)12-28-22-16(14-3-2-4-14)6-7-17(21(22)24)19-10-27-20(25)11-26-19/h5-11,14H,2-4,12H2,1H3,(H2,25,27). The molecule has 0 spiro atoms. The second-order valence-corrected chi connectivity index (χ2v) is 7.18. The maximum Gasteiger partial charge on any atom is 0.174 e. The first-order valence-corrected chi connectivity index (χ1v) is 9.31. The molecule has 1 fully saturated rings. The fourth-order valence-electron chi connectivity index (χ4n) is 3.40. The van der Waals surface area contributed by atoms with E-state index < -0.39 is 5.82 Å². The number of anilines is 1. The van der Waals surface area contributed by atoms with Crippen LogP contribution in [0.1, 0.15) is 41.9 Å². The van der Waals surface area contributed by atoms with Gasteiger partial charge in [-0.1, -0.05) is 24.1 Å². The number of aryl methyl sites for hydroxylation is 1. The van der Waals surface area contributed by atoms with Gasteiger partial charge in [-0.2, -0.15) is 0 Å². The number of hydrogen-bond donors (Lipinski definition) is 1. The molecule has 28 heavy (non-hydrogen) atoms. The fourth-order valence-corrected chi connectivity index (χ4v) is 3.40. The van der Waals surface area contributed by atoms with Crippen molar-refractivity contribution in [2.75, 3.05) is 5.73 Å². The topological polar surface area (TPSA) is 61.0 Å². The van der Waals surface area contributed by atoms with Gasteiger partial charge in [0.05, 0.1) is 18.1 Å². The molecule has 4 nitrogen and oxygen atoms in total. The van der Waals surface area contributed by atoms with E-state index in [2.05, 4.69) is 9.97 Å². The van der Waals surface area contributed by atoms with Crippen LogP contribution in [0.15, 0.2) is 42.7 Å². The Bertz CT molecular complexity index is 1000. The summed E-state index contributed by atoms with van der Waals surface area (Å²) in [5.74, 6) is -0.171. The molecule has 0 unspecified atom stereocenters. The molecule has 1 heterocycles. The second-order valence-electron chi connectivity index (χ2n) is 7.18. The molecule has 2 aromatic carbocycles. The summed E-state index contributed by atoms with van der Waals surface area (Å²) in [5.41, 5.74) is 8.38. The molecule has 144 valence electrons. The minimum atomic E-state index is -0.503. The minimum Gasteiger partial charge on any atom is -0.485 e. The van der Waals surface area contributed by atoms with Crippen LogP contribution in [0.3, 0.4) is 0 Å². The summed E-state index contributed by atoms with van der Waals surface area (Å²) in [4.78, 5) is 8.14. The Kier molecular flexibility index (Phi) is 4.94. The number of aromatic nitrogens is 2. The van der Waals surface area contributed by atoms with Crippen molar-refractivity contribution in [2.24, 2.45) is 0 Å². The SMILES string of the molecule is Cc1ccc(F)c(COc2c(C3CCC3)ccc(-c3cnc(N)cn3)c2F)c1. The van der Waals surface area contributed by atoms with Gasteiger partial charge in [-0.15, -0.1) is 0 Å². The van der Waals surface area contributed by atoms with Crippen LogP contribution in [-0.4, -0.2) is 9.97 Å². The lowest BCUT2D eigenvalue weighted by Gasteiger charge is -2.28. The molecule has 1 aliphatic rings. The molecule has 2 N–H and O–H groups in total. The van der Waals surface area contributed by atoms with E-state index in [1.165, 1.54) is 18.5 Å². The lowest BCUT2D eigenvalue weighted by atomic mass is 9.79. The maximum atomic E-state index is 15.4. The summed E-state index contributed by atoms with van der Waals surface area (Å²) < 4.78 is 35.3. The summed E-state index contributed by atoms with van der Waals surface area (Å²) in [7, 11) is 0. The molecule has 0 bridgehead atoms. The van der Waals surface area contributed by atoms with Gasteiger partial charge in [0.25, 0.3) is 0 Å². The number of rotatable bonds is 5. The molecule has 0 aliphatic heterocycles. The van der Waals surface area contributed by atoms with Crippen LogP contribution in [0.2, 0.25) is 0 Å². The van der Waals surface area contributed by atoms with Gasteiger partial charge in [0.15, 0.2) is 11.6 Å². The van der Waals surface area contributed by atoms with Gasteiger partial charge < -0.3 is 10.5 Å². The third-order valence-electron chi connectivity index (χ3n) is 5.19. The monoisotopic (exact) mass is 381 g/mol. The highest BCUT2D eigenvalue weighted by molar-refractivity contribution is 5.64. The van der Waals surface area contributed by atoms with Crippen LogP contribution < -0.4 is 10.5 Å². The molecule has 0 amide bonds. The number of hydrogen-bond acceptors (Lipinski definition) is 4. The largest absolute Gasteiger partial charge is 0.485 e. The average Bonchev–Trinajstić information content (AvgIpc) is 2.63. The van der Waals surface area contributed by atoms with Crippen LogP contribution in [0, 0.1) is 18.6 Å². The highest BCUT2D eigenvalue weighted by atomic mass is 19.1. The fraction of sp³-hybridized carbons (Fsp3) is 0.273. The predicted molar refractivity (Wildman–Crippen MR) is 104 cm³/mol. The van der Waals surface area contributed by atoms with Crippen molar-refractivity contribution in [1.82, 2.24) is 9.97 Å². The van der Waals surface area contributed by atoms with E-state index in [4.69, 9.17) is 10.5 Å². The number of halogens is 2. The van der Waals surface area contributed by atoms with Gasteiger partial charge in [-0.05, 0) is 43.9 Å². The lowest BCUT2D eigenvalue weighted by molar-refractivity contribution is 0.274. The zero-order valence-electron chi connectivity index (χ0n) is 15.6. The van der Waals surface area contributed by atoms with Gasteiger partial charge in [0, 0.05) is 16.7 Å². The van der Waals surface area contributed by atoms with Crippen molar-refractivity contribution < 1.29 is 13.5 Å². The second kappa shape index (κ2) is 7.54. The molecule has 0 radical (unpaired) electrons. The van der Waals surface area contributed by atoms with Crippen molar-refractivity contribution in [3.63, 3.8) is 0 Å². The average molecular weight is 381 g/mol. The van der Waals surface area contributed by atoms with Gasteiger partial charge in [-0.3, -0.25) is 4.98 Å². The zero-order valence-corrected chi connectivity index (χ0v) is 15.6. The predicted octanol–water partition coefficient (Wildman–Crippen LogP) is 5.16. The van der Waals surface area contributed by atoms with Crippen molar-refractivity contribution in [3.8, 4) is 17.0 Å². The Balaban J connectivity index is 1.71. The van der Waals surface area contributed by atoms with Crippen LogP contribution in [0.4, 0.5) is 14.6 Å². The number of ether oxygens (including phenoxy) is 1. The molecule has 3 aromatic rings. The molecule has 1 aromatic heterocycles. The smallest absolute Gasteiger partial charge is 0.174 e. The van der Waals surface area contributed by atoms with Crippen molar-refractivity contribution >= 4 is 5.82 Å². The summed E-state index contributed by atoms with van der Waals surface area (Å²) in [6.45, 7) is 1.84. The highest BCUT2D eigenvalue weighted by Crippen LogP contribution is 2.44. The Morgan fingerprint density at radius 2 is 1.93 bits per heavy atom. The minimum absolute atomic E-state index is 0.0407. The van der Waals surface area contributed by atoms with Gasteiger partial charge in [-0.25, -0.2) is 13.8 Å².